The zero-order valence-electron chi connectivity index (χ0n) is 12.1. The molecule has 0 amide bonds. The van der Waals surface area contributed by atoms with Crippen molar-refractivity contribution < 1.29 is 14.4 Å². The van der Waals surface area contributed by atoms with Gasteiger partial charge < -0.3 is 14.5 Å². The number of hydrogen-bond donors (Lipinski definition) is 1. The SMILES string of the molecule is CCN(Cc1nc(C(C)C)no1)c1cnc(C(=O)O)cn1. The molecule has 0 aliphatic carbocycles. The largest absolute Gasteiger partial charge is 0.476 e. The van der Waals surface area contributed by atoms with E-state index >= 15 is 0 Å². The summed E-state index contributed by atoms with van der Waals surface area (Å²) in [6, 6.07) is 0. The summed E-state index contributed by atoms with van der Waals surface area (Å²) in [5.41, 5.74) is -0.0883. The molecular formula is C13H17N5O3. The summed E-state index contributed by atoms with van der Waals surface area (Å²) in [5, 5.41) is 12.7. The lowest BCUT2D eigenvalue weighted by Gasteiger charge is -2.19. The third-order valence-electron chi connectivity index (χ3n) is 2.89. The standard InChI is InChI=1S/C13H17N5O3/c1-4-18(7-11-16-12(8(2)3)17-21-11)10-6-14-9(5-15-10)13(19)20/h5-6,8H,4,7H2,1-3H3,(H,19,20). The molecule has 0 spiro atoms. The van der Waals surface area contributed by atoms with Gasteiger partial charge in [-0.3, -0.25) is 0 Å². The first-order valence-electron chi connectivity index (χ1n) is 6.64. The molecule has 8 nitrogen and oxygen atoms in total. The fraction of sp³-hybridized carbons (Fsp3) is 0.462. The molecule has 0 aromatic carbocycles. The second-order valence-electron chi connectivity index (χ2n) is 4.78. The highest BCUT2D eigenvalue weighted by atomic mass is 16.5. The molecule has 2 rings (SSSR count). The van der Waals surface area contributed by atoms with Gasteiger partial charge in [0.25, 0.3) is 0 Å². The molecule has 2 aromatic heterocycles. The van der Waals surface area contributed by atoms with E-state index in [0.29, 0.717) is 30.6 Å². The number of carbonyl (C=O) groups is 1. The predicted octanol–water partition coefficient (Wildman–Crippen LogP) is 1.71. The Hall–Kier alpha value is -2.51. The molecular weight excluding hydrogens is 274 g/mol. The van der Waals surface area contributed by atoms with Gasteiger partial charge in [0.15, 0.2) is 11.5 Å². The number of nitrogens with zero attached hydrogens (tertiary/aromatic N) is 5. The zero-order valence-corrected chi connectivity index (χ0v) is 12.1. The second-order valence-corrected chi connectivity index (χ2v) is 4.78. The summed E-state index contributed by atoms with van der Waals surface area (Å²) in [7, 11) is 0. The van der Waals surface area contributed by atoms with Crippen LogP contribution in [0.1, 0.15) is 48.9 Å². The van der Waals surface area contributed by atoms with Crippen molar-refractivity contribution in [3.8, 4) is 0 Å². The van der Waals surface area contributed by atoms with Crippen LogP contribution in [0.5, 0.6) is 0 Å². The fourth-order valence-corrected chi connectivity index (χ4v) is 1.68. The number of aromatic carboxylic acids is 1. The van der Waals surface area contributed by atoms with Gasteiger partial charge >= 0.3 is 5.97 Å². The Morgan fingerprint density at radius 2 is 2.14 bits per heavy atom. The first-order valence-corrected chi connectivity index (χ1v) is 6.64. The zero-order chi connectivity index (χ0) is 15.4. The first kappa shape index (κ1) is 14.9. The van der Waals surface area contributed by atoms with Crippen LogP contribution >= 0.6 is 0 Å². The summed E-state index contributed by atoms with van der Waals surface area (Å²) in [4.78, 5) is 24.9. The molecule has 2 aromatic rings. The molecule has 8 heteroatoms. The lowest BCUT2D eigenvalue weighted by molar-refractivity contribution is 0.0690. The molecule has 21 heavy (non-hydrogen) atoms. The van der Waals surface area contributed by atoms with Crippen LogP contribution in [-0.2, 0) is 6.54 Å². The van der Waals surface area contributed by atoms with E-state index < -0.39 is 5.97 Å². The molecule has 0 bridgehead atoms. The van der Waals surface area contributed by atoms with Gasteiger partial charge in [-0.1, -0.05) is 19.0 Å². The average Bonchev–Trinajstić information content (AvgIpc) is 2.93. The molecule has 0 atom stereocenters. The number of carboxylic acid groups (broad SMARTS) is 1. The van der Waals surface area contributed by atoms with E-state index in [-0.39, 0.29) is 11.6 Å². The van der Waals surface area contributed by atoms with Gasteiger partial charge in [0.05, 0.1) is 18.9 Å². The summed E-state index contributed by atoms with van der Waals surface area (Å²) < 4.78 is 5.20. The van der Waals surface area contributed by atoms with Crippen molar-refractivity contribution in [3.05, 3.63) is 29.8 Å². The summed E-state index contributed by atoms with van der Waals surface area (Å²) in [6.07, 6.45) is 2.65. The number of rotatable bonds is 6. The third-order valence-corrected chi connectivity index (χ3v) is 2.89. The summed E-state index contributed by atoms with van der Waals surface area (Å²) in [5.74, 6) is 0.813. The lowest BCUT2D eigenvalue weighted by Crippen LogP contribution is -2.23. The molecule has 0 aliphatic rings. The van der Waals surface area contributed by atoms with Gasteiger partial charge in [0.2, 0.25) is 5.89 Å². The van der Waals surface area contributed by atoms with Crippen LogP contribution in [0.3, 0.4) is 0 Å². The van der Waals surface area contributed by atoms with Crippen LogP contribution in [0.15, 0.2) is 16.9 Å². The van der Waals surface area contributed by atoms with E-state index in [1.54, 1.807) is 0 Å². The van der Waals surface area contributed by atoms with E-state index in [1.165, 1.54) is 12.4 Å². The minimum absolute atomic E-state index is 0.0883. The molecule has 0 saturated heterocycles. The Bertz CT molecular complexity index is 609. The minimum Gasteiger partial charge on any atom is -0.476 e. The molecule has 112 valence electrons. The van der Waals surface area contributed by atoms with Crippen LogP contribution in [0.25, 0.3) is 0 Å². The van der Waals surface area contributed by atoms with E-state index in [2.05, 4.69) is 20.1 Å². The molecule has 1 N–H and O–H groups in total. The quantitative estimate of drug-likeness (QED) is 0.857. The van der Waals surface area contributed by atoms with Gasteiger partial charge in [-0.05, 0) is 6.92 Å². The van der Waals surface area contributed by atoms with Crippen molar-refractivity contribution in [2.45, 2.75) is 33.2 Å². The monoisotopic (exact) mass is 291 g/mol. The molecule has 0 aliphatic heterocycles. The van der Waals surface area contributed by atoms with Crippen LogP contribution in [0.4, 0.5) is 5.82 Å². The van der Waals surface area contributed by atoms with Crippen LogP contribution in [0, 0.1) is 0 Å². The molecule has 0 fully saturated rings. The maximum atomic E-state index is 10.8. The van der Waals surface area contributed by atoms with Gasteiger partial charge in [-0.2, -0.15) is 4.98 Å². The Balaban J connectivity index is 2.13. The smallest absolute Gasteiger partial charge is 0.356 e. The highest BCUT2D eigenvalue weighted by Crippen LogP contribution is 2.15. The molecule has 2 heterocycles. The maximum Gasteiger partial charge on any atom is 0.356 e. The average molecular weight is 291 g/mol. The Labute approximate surface area is 121 Å². The maximum absolute atomic E-state index is 10.8. The van der Waals surface area contributed by atoms with Gasteiger partial charge in [-0.15, -0.1) is 0 Å². The second kappa shape index (κ2) is 6.29. The highest BCUT2D eigenvalue weighted by Gasteiger charge is 2.15. The van der Waals surface area contributed by atoms with Crippen molar-refractivity contribution in [1.29, 1.82) is 0 Å². The summed E-state index contributed by atoms with van der Waals surface area (Å²) in [6.45, 7) is 6.98. The number of aromatic nitrogens is 4. The Morgan fingerprint density at radius 3 is 2.62 bits per heavy atom. The third kappa shape index (κ3) is 3.53. The van der Waals surface area contributed by atoms with E-state index in [9.17, 15) is 4.79 Å². The van der Waals surface area contributed by atoms with Crippen molar-refractivity contribution in [3.63, 3.8) is 0 Å². The predicted molar refractivity (Wildman–Crippen MR) is 74.1 cm³/mol. The van der Waals surface area contributed by atoms with Crippen molar-refractivity contribution >= 4 is 11.8 Å². The van der Waals surface area contributed by atoms with E-state index in [1.807, 2.05) is 25.7 Å². The highest BCUT2D eigenvalue weighted by molar-refractivity contribution is 5.84. The van der Waals surface area contributed by atoms with E-state index in [4.69, 9.17) is 9.63 Å². The topological polar surface area (TPSA) is 105 Å². The van der Waals surface area contributed by atoms with Gasteiger partial charge in [0, 0.05) is 12.5 Å². The normalized spacial score (nSPS) is 10.9. The first-order chi connectivity index (χ1) is 10.0. The van der Waals surface area contributed by atoms with E-state index in [0.717, 1.165) is 0 Å². The van der Waals surface area contributed by atoms with Crippen molar-refractivity contribution in [2.24, 2.45) is 0 Å². The number of anilines is 1. The van der Waals surface area contributed by atoms with Crippen LogP contribution < -0.4 is 4.90 Å². The molecule has 0 saturated carbocycles. The van der Waals surface area contributed by atoms with Gasteiger partial charge in [0.1, 0.15) is 5.82 Å². The number of hydrogen-bond acceptors (Lipinski definition) is 7. The van der Waals surface area contributed by atoms with Crippen LogP contribution in [-0.4, -0.2) is 37.7 Å². The molecule has 0 radical (unpaired) electrons. The minimum atomic E-state index is -1.10. The van der Waals surface area contributed by atoms with Crippen molar-refractivity contribution in [1.82, 2.24) is 20.1 Å². The fourth-order valence-electron chi connectivity index (χ4n) is 1.68. The Morgan fingerprint density at radius 1 is 1.38 bits per heavy atom. The van der Waals surface area contributed by atoms with Gasteiger partial charge in [-0.25, -0.2) is 14.8 Å². The lowest BCUT2D eigenvalue weighted by atomic mass is 10.2. The van der Waals surface area contributed by atoms with Crippen molar-refractivity contribution in [2.75, 3.05) is 11.4 Å². The molecule has 0 unspecified atom stereocenters. The Kier molecular flexibility index (Phi) is 4.46. The summed E-state index contributed by atoms with van der Waals surface area (Å²) >= 11 is 0. The number of carboxylic acids is 1. The van der Waals surface area contributed by atoms with Crippen LogP contribution in [0.2, 0.25) is 0 Å².